The minimum Gasteiger partial charge on any atom is -0.444 e. The molecule has 1 rings (SSSR count). The van der Waals surface area contributed by atoms with Crippen molar-refractivity contribution in [3.05, 3.63) is 0 Å². The Hall–Kier alpha value is -1.01. The molecule has 0 saturated heterocycles. The Labute approximate surface area is 84.0 Å². The summed E-state index contributed by atoms with van der Waals surface area (Å²) in [6.45, 7) is 0. The number of nitrogens with two attached hydrogens (primary N) is 1. The summed E-state index contributed by atoms with van der Waals surface area (Å²) in [6, 6.07) is 0. The first-order chi connectivity index (χ1) is 6.80. The minimum absolute atomic E-state index is 0.0115. The molecule has 15 heavy (non-hydrogen) atoms. The molecule has 0 spiro atoms. The Balaban J connectivity index is 2.49. The van der Waals surface area contributed by atoms with Gasteiger partial charge in [-0.2, -0.15) is 0 Å². The van der Waals surface area contributed by atoms with Gasteiger partial charge in [-0.25, -0.2) is 15.2 Å². The number of hydrogen-bond donors (Lipinski definition) is 1. The van der Waals surface area contributed by atoms with Crippen LogP contribution in [0.15, 0.2) is 0 Å². The van der Waals surface area contributed by atoms with Crippen LogP contribution in [0.3, 0.4) is 0 Å². The molecule has 0 aromatic rings. The topological polar surface area (TPSA) is 89.7 Å². The monoisotopic (exact) mass is 242 g/mol. The van der Waals surface area contributed by atoms with Gasteiger partial charge in [0.15, 0.2) is 0 Å². The van der Waals surface area contributed by atoms with Gasteiger partial charge in [-0.1, -0.05) is 0 Å². The zero-order chi connectivity index (χ0) is 11.6. The van der Waals surface area contributed by atoms with E-state index in [4.69, 9.17) is 0 Å². The average Bonchev–Trinajstić information content (AvgIpc) is 2.48. The maximum Gasteiger partial charge on any atom is 0.530 e. The van der Waals surface area contributed by atoms with E-state index in [1.54, 1.807) is 0 Å². The molecule has 1 amide bonds. The van der Waals surface area contributed by atoms with E-state index in [9.17, 15) is 22.5 Å². The Kier molecular flexibility index (Phi) is 3.41. The molecule has 1 aliphatic carbocycles. The van der Waals surface area contributed by atoms with E-state index < -0.39 is 24.9 Å². The lowest BCUT2D eigenvalue weighted by Gasteiger charge is -2.16. The van der Waals surface area contributed by atoms with E-state index in [1.165, 1.54) is 0 Å². The third-order valence-corrected chi connectivity index (χ3v) is 2.57. The zero-order valence-corrected chi connectivity index (χ0v) is 8.45. The fourth-order valence-corrected chi connectivity index (χ4v) is 1.41. The first-order valence-corrected chi connectivity index (χ1v) is 5.52. The van der Waals surface area contributed by atoms with Crippen molar-refractivity contribution in [2.75, 3.05) is 0 Å². The van der Waals surface area contributed by atoms with Gasteiger partial charge in [0.2, 0.25) is 0 Å². The predicted molar refractivity (Wildman–Crippen MR) is 45.0 cm³/mol. The van der Waals surface area contributed by atoms with E-state index in [1.807, 2.05) is 0 Å². The van der Waals surface area contributed by atoms with Gasteiger partial charge in [-0.3, -0.25) is 4.79 Å². The number of hydrogen-bond acceptors (Lipinski definition) is 5. The highest BCUT2D eigenvalue weighted by molar-refractivity contribution is 7.51. The number of carbonyl (C=O) groups is 2. The Bertz CT molecular complexity index is 331. The van der Waals surface area contributed by atoms with Crippen molar-refractivity contribution in [2.45, 2.75) is 25.4 Å². The van der Waals surface area contributed by atoms with Crippen LogP contribution in [-0.2, 0) is 14.1 Å². The largest absolute Gasteiger partial charge is 0.530 e. The number of Topliss-reactive ketones (excluding diaryl/α,β-unsaturated/α-hetero) is 1. The minimum atomic E-state index is -5.83. The SMILES string of the molecule is NN(C(=O)OC1CCC(=O)C1)P(=O)(F)F. The van der Waals surface area contributed by atoms with Crippen molar-refractivity contribution < 1.29 is 27.3 Å². The number of carbonyl (C=O) groups excluding carboxylic acids is 2. The molecule has 0 heterocycles. The summed E-state index contributed by atoms with van der Waals surface area (Å²) in [6.07, 6.45) is -1.82. The van der Waals surface area contributed by atoms with E-state index in [2.05, 4.69) is 10.6 Å². The first kappa shape index (κ1) is 12.1. The summed E-state index contributed by atoms with van der Waals surface area (Å²) in [5.74, 6) is 4.46. The lowest BCUT2D eigenvalue weighted by Crippen LogP contribution is -2.34. The number of hydrazine groups is 1. The Morgan fingerprint density at radius 3 is 2.60 bits per heavy atom. The highest BCUT2D eigenvalue weighted by Gasteiger charge is 2.36. The van der Waals surface area contributed by atoms with Gasteiger partial charge in [0, 0.05) is 12.8 Å². The molecule has 86 valence electrons. The second-order valence-electron chi connectivity index (χ2n) is 3.07. The van der Waals surface area contributed by atoms with Gasteiger partial charge in [0.1, 0.15) is 11.9 Å². The molecule has 0 aliphatic heterocycles. The zero-order valence-electron chi connectivity index (χ0n) is 7.56. The molecule has 0 aromatic heterocycles. The Morgan fingerprint density at radius 2 is 2.20 bits per heavy atom. The third-order valence-electron chi connectivity index (χ3n) is 1.91. The number of rotatable bonds is 2. The Morgan fingerprint density at radius 1 is 1.60 bits per heavy atom. The molecule has 1 saturated carbocycles. The summed E-state index contributed by atoms with van der Waals surface area (Å²) >= 11 is 0. The molecule has 1 unspecified atom stereocenters. The van der Waals surface area contributed by atoms with Crippen molar-refractivity contribution in [3.63, 3.8) is 0 Å². The molecular formula is C6H9F2N2O4P. The van der Waals surface area contributed by atoms with Crippen molar-refractivity contribution in [1.82, 2.24) is 4.78 Å². The second-order valence-corrected chi connectivity index (χ2v) is 4.37. The molecule has 2 N–H and O–H groups in total. The number of amides is 1. The quantitative estimate of drug-likeness (QED) is 0.342. The van der Waals surface area contributed by atoms with Crippen molar-refractivity contribution >= 4 is 19.8 Å². The predicted octanol–water partition coefficient (Wildman–Crippen LogP) is 1.47. The van der Waals surface area contributed by atoms with E-state index in [0.29, 0.717) is 0 Å². The molecule has 1 atom stereocenters. The number of ketones is 1. The molecule has 0 bridgehead atoms. The van der Waals surface area contributed by atoms with Crippen LogP contribution in [-0.4, -0.2) is 22.8 Å². The van der Waals surface area contributed by atoms with Crippen LogP contribution in [0.4, 0.5) is 13.2 Å². The lowest BCUT2D eigenvalue weighted by atomic mass is 10.3. The molecule has 1 aliphatic rings. The molecule has 0 radical (unpaired) electrons. The maximum absolute atomic E-state index is 12.1. The lowest BCUT2D eigenvalue weighted by molar-refractivity contribution is -0.117. The van der Waals surface area contributed by atoms with E-state index in [-0.39, 0.29) is 25.0 Å². The molecule has 1 fully saturated rings. The van der Waals surface area contributed by atoms with Crippen molar-refractivity contribution in [1.29, 1.82) is 0 Å². The van der Waals surface area contributed by atoms with Gasteiger partial charge in [0.25, 0.3) is 0 Å². The molecule has 9 heteroatoms. The van der Waals surface area contributed by atoms with Crippen LogP contribution in [0.25, 0.3) is 0 Å². The van der Waals surface area contributed by atoms with Crippen LogP contribution in [0.1, 0.15) is 19.3 Å². The van der Waals surface area contributed by atoms with Gasteiger partial charge < -0.3 is 4.74 Å². The molecular weight excluding hydrogens is 233 g/mol. The summed E-state index contributed by atoms with van der Waals surface area (Å²) in [4.78, 5) is 21.6. The smallest absolute Gasteiger partial charge is 0.444 e. The summed E-state index contributed by atoms with van der Waals surface area (Å²) < 4.78 is 38.0. The highest BCUT2D eigenvalue weighted by Crippen LogP contribution is 2.51. The molecule has 6 nitrogen and oxygen atoms in total. The highest BCUT2D eigenvalue weighted by atomic mass is 31.2. The van der Waals surface area contributed by atoms with Gasteiger partial charge >= 0.3 is 14.0 Å². The molecule has 0 aromatic carbocycles. The third kappa shape index (κ3) is 3.24. The van der Waals surface area contributed by atoms with Crippen LogP contribution >= 0.6 is 7.91 Å². The maximum atomic E-state index is 12.1. The van der Waals surface area contributed by atoms with Crippen LogP contribution in [0.5, 0.6) is 0 Å². The van der Waals surface area contributed by atoms with Crippen molar-refractivity contribution in [3.8, 4) is 0 Å². The standard InChI is InChI=1S/C6H9F2N2O4P/c7-15(8,13)10(9)6(12)14-5-2-1-4(11)3-5/h5H,1-3,9H2. The van der Waals surface area contributed by atoms with Crippen LogP contribution in [0.2, 0.25) is 0 Å². The van der Waals surface area contributed by atoms with Crippen LogP contribution in [0, 0.1) is 0 Å². The van der Waals surface area contributed by atoms with Crippen molar-refractivity contribution in [2.24, 2.45) is 5.84 Å². The summed E-state index contributed by atoms with van der Waals surface area (Å²) in [5.41, 5.74) is 0. The second kappa shape index (κ2) is 4.24. The van der Waals surface area contributed by atoms with Crippen LogP contribution < -0.4 is 5.84 Å². The fourth-order valence-electron chi connectivity index (χ4n) is 1.17. The van der Waals surface area contributed by atoms with Gasteiger partial charge in [-0.05, 0) is 6.42 Å². The summed E-state index contributed by atoms with van der Waals surface area (Å²) in [5, 5.41) is 0. The fraction of sp³-hybridized carbons (Fsp3) is 0.667. The van der Waals surface area contributed by atoms with Gasteiger partial charge in [-0.15, -0.1) is 13.2 Å². The number of nitrogens with zero attached hydrogens (tertiary/aromatic N) is 1. The van der Waals surface area contributed by atoms with E-state index in [0.717, 1.165) is 0 Å². The normalized spacial score (nSPS) is 21.5. The number of halogens is 2. The number of ether oxygens (including phenoxy) is 1. The summed E-state index contributed by atoms with van der Waals surface area (Å²) in [7, 11) is -5.83. The van der Waals surface area contributed by atoms with E-state index >= 15 is 0 Å². The average molecular weight is 242 g/mol. The first-order valence-electron chi connectivity index (χ1n) is 4.07. The van der Waals surface area contributed by atoms with Gasteiger partial charge in [0.05, 0.1) is 0 Å².